The molecule has 0 spiro atoms. The van der Waals surface area contributed by atoms with Crippen LogP contribution in [-0.2, 0) is 0 Å². The first-order chi connectivity index (χ1) is 11.5. The summed E-state index contributed by atoms with van der Waals surface area (Å²) in [7, 11) is 1.73. The van der Waals surface area contributed by atoms with Crippen LogP contribution in [0.15, 0.2) is 49.7 Å². The molecule has 3 aromatic rings. The van der Waals surface area contributed by atoms with Crippen LogP contribution in [0.5, 0.6) is 0 Å². The SMILES string of the molecule is C=Cc1ccc2c(Cl)cc(-c3cnc(N(C)N)c(C=C)c3)nc2c1. The summed E-state index contributed by atoms with van der Waals surface area (Å²) in [5.74, 6) is 6.43. The molecule has 1 aromatic carbocycles. The van der Waals surface area contributed by atoms with E-state index in [0.717, 1.165) is 33.3 Å². The van der Waals surface area contributed by atoms with Crippen LogP contribution in [0.3, 0.4) is 0 Å². The number of nitrogens with two attached hydrogens (primary N) is 1. The number of hydrogen-bond acceptors (Lipinski definition) is 4. The number of rotatable bonds is 4. The van der Waals surface area contributed by atoms with Gasteiger partial charge in [-0.3, -0.25) is 5.01 Å². The molecule has 0 unspecified atom stereocenters. The third-order valence-electron chi connectivity index (χ3n) is 3.76. The molecule has 0 aliphatic rings. The van der Waals surface area contributed by atoms with Crippen molar-refractivity contribution in [3.8, 4) is 11.3 Å². The first-order valence-corrected chi connectivity index (χ1v) is 7.75. The zero-order valence-corrected chi connectivity index (χ0v) is 14.1. The lowest BCUT2D eigenvalue weighted by Crippen LogP contribution is -2.26. The maximum atomic E-state index is 6.43. The van der Waals surface area contributed by atoms with E-state index in [0.29, 0.717) is 10.8 Å². The number of aromatic nitrogens is 2. The molecule has 2 heterocycles. The Morgan fingerprint density at radius 2 is 1.96 bits per heavy atom. The molecule has 5 heteroatoms. The summed E-state index contributed by atoms with van der Waals surface area (Å²) in [6.45, 7) is 7.61. The van der Waals surface area contributed by atoms with E-state index in [1.165, 1.54) is 5.01 Å². The third kappa shape index (κ3) is 2.89. The maximum Gasteiger partial charge on any atom is 0.149 e. The Bertz CT molecular complexity index is 947. The van der Waals surface area contributed by atoms with Crippen molar-refractivity contribution in [2.24, 2.45) is 5.84 Å². The van der Waals surface area contributed by atoms with E-state index in [-0.39, 0.29) is 0 Å². The van der Waals surface area contributed by atoms with Gasteiger partial charge in [0.2, 0.25) is 0 Å². The zero-order chi connectivity index (χ0) is 17.3. The van der Waals surface area contributed by atoms with E-state index in [2.05, 4.69) is 18.1 Å². The normalized spacial score (nSPS) is 10.6. The van der Waals surface area contributed by atoms with Crippen LogP contribution >= 0.6 is 11.6 Å². The molecule has 4 nitrogen and oxygen atoms in total. The van der Waals surface area contributed by atoms with E-state index >= 15 is 0 Å². The number of hydrazine groups is 1. The molecule has 2 N–H and O–H groups in total. The molecule has 0 saturated heterocycles. The van der Waals surface area contributed by atoms with Crippen molar-refractivity contribution < 1.29 is 0 Å². The van der Waals surface area contributed by atoms with Gasteiger partial charge in [0, 0.05) is 29.8 Å². The summed E-state index contributed by atoms with van der Waals surface area (Å²) < 4.78 is 0. The van der Waals surface area contributed by atoms with Gasteiger partial charge in [-0.1, -0.05) is 49.0 Å². The fourth-order valence-electron chi connectivity index (χ4n) is 2.54. The van der Waals surface area contributed by atoms with Crippen LogP contribution in [-0.4, -0.2) is 17.0 Å². The summed E-state index contributed by atoms with van der Waals surface area (Å²) in [4.78, 5) is 9.11. The predicted molar refractivity (Wildman–Crippen MR) is 103 cm³/mol. The highest BCUT2D eigenvalue weighted by atomic mass is 35.5. The standard InChI is InChI=1S/C19H17ClN4/c1-4-12-6-7-15-16(20)10-17(23-18(15)8-12)14-9-13(5-2)19(22-11-14)24(3)21/h4-11H,1-2,21H2,3H3. The first-order valence-electron chi connectivity index (χ1n) is 7.37. The monoisotopic (exact) mass is 336 g/mol. The van der Waals surface area contributed by atoms with Crippen LogP contribution in [0.2, 0.25) is 5.02 Å². The average molecular weight is 337 g/mol. The van der Waals surface area contributed by atoms with Gasteiger partial charge in [0.1, 0.15) is 5.82 Å². The lowest BCUT2D eigenvalue weighted by Gasteiger charge is -2.15. The fourth-order valence-corrected chi connectivity index (χ4v) is 2.80. The molecule has 0 saturated carbocycles. The summed E-state index contributed by atoms with van der Waals surface area (Å²) in [5.41, 5.74) is 4.23. The number of anilines is 1. The minimum absolute atomic E-state index is 0.644. The molecule has 0 radical (unpaired) electrons. The molecular formula is C19H17ClN4. The van der Waals surface area contributed by atoms with Gasteiger partial charge in [0.05, 0.1) is 16.2 Å². The summed E-state index contributed by atoms with van der Waals surface area (Å²) in [6, 6.07) is 9.66. The molecule has 2 aromatic heterocycles. The van der Waals surface area contributed by atoms with Gasteiger partial charge < -0.3 is 0 Å². The molecule has 24 heavy (non-hydrogen) atoms. The number of fused-ring (bicyclic) bond motifs is 1. The minimum atomic E-state index is 0.644. The Morgan fingerprint density at radius 1 is 1.17 bits per heavy atom. The van der Waals surface area contributed by atoms with Crippen LogP contribution in [0.4, 0.5) is 5.82 Å². The van der Waals surface area contributed by atoms with Gasteiger partial charge in [0.15, 0.2) is 0 Å². The lowest BCUT2D eigenvalue weighted by molar-refractivity contribution is 0.974. The topological polar surface area (TPSA) is 55.0 Å². The second-order valence-electron chi connectivity index (χ2n) is 5.42. The Balaban J connectivity index is 2.18. The maximum absolute atomic E-state index is 6.43. The summed E-state index contributed by atoms with van der Waals surface area (Å²) in [5, 5.41) is 3.00. The van der Waals surface area contributed by atoms with E-state index in [1.807, 2.05) is 30.3 Å². The summed E-state index contributed by atoms with van der Waals surface area (Å²) in [6.07, 6.45) is 5.23. The van der Waals surface area contributed by atoms with E-state index in [1.54, 1.807) is 25.4 Å². The number of benzene rings is 1. The Hall–Kier alpha value is -2.69. The van der Waals surface area contributed by atoms with E-state index < -0.39 is 0 Å². The van der Waals surface area contributed by atoms with Crippen molar-refractivity contribution in [3.05, 3.63) is 65.8 Å². The fraction of sp³-hybridized carbons (Fsp3) is 0.0526. The third-order valence-corrected chi connectivity index (χ3v) is 4.08. The highest BCUT2D eigenvalue weighted by Crippen LogP contribution is 2.30. The first kappa shape index (κ1) is 16.2. The number of pyridine rings is 2. The molecule has 0 amide bonds. The lowest BCUT2D eigenvalue weighted by atomic mass is 10.1. The molecular weight excluding hydrogens is 320 g/mol. The van der Waals surface area contributed by atoms with Crippen molar-refractivity contribution >= 4 is 40.5 Å². The van der Waals surface area contributed by atoms with Crippen molar-refractivity contribution in [1.82, 2.24) is 9.97 Å². The van der Waals surface area contributed by atoms with Crippen molar-refractivity contribution in [3.63, 3.8) is 0 Å². The highest BCUT2D eigenvalue weighted by Gasteiger charge is 2.10. The second kappa shape index (κ2) is 6.43. The molecule has 0 aliphatic carbocycles. The zero-order valence-electron chi connectivity index (χ0n) is 13.3. The van der Waals surface area contributed by atoms with Crippen LogP contribution in [0.25, 0.3) is 34.3 Å². The molecule has 120 valence electrons. The van der Waals surface area contributed by atoms with E-state index in [4.69, 9.17) is 22.4 Å². The van der Waals surface area contributed by atoms with Crippen LogP contribution in [0.1, 0.15) is 11.1 Å². The Morgan fingerprint density at radius 3 is 2.62 bits per heavy atom. The largest absolute Gasteiger partial charge is 0.298 e. The van der Waals surface area contributed by atoms with Crippen molar-refractivity contribution in [2.45, 2.75) is 0 Å². The van der Waals surface area contributed by atoms with Gasteiger partial charge in [-0.2, -0.15) is 0 Å². The highest BCUT2D eigenvalue weighted by molar-refractivity contribution is 6.35. The predicted octanol–water partition coefficient (Wildman–Crippen LogP) is 4.55. The Labute approximate surface area is 145 Å². The molecule has 0 aliphatic heterocycles. The van der Waals surface area contributed by atoms with Gasteiger partial charge in [0.25, 0.3) is 0 Å². The number of nitrogens with zero attached hydrogens (tertiary/aromatic N) is 3. The van der Waals surface area contributed by atoms with Crippen molar-refractivity contribution in [1.29, 1.82) is 0 Å². The van der Waals surface area contributed by atoms with Gasteiger partial charge in [-0.25, -0.2) is 15.8 Å². The van der Waals surface area contributed by atoms with Gasteiger partial charge in [-0.15, -0.1) is 0 Å². The molecule has 0 fully saturated rings. The second-order valence-corrected chi connectivity index (χ2v) is 5.83. The summed E-state index contributed by atoms with van der Waals surface area (Å²) >= 11 is 6.43. The van der Waals surface area contributed by atoms with Crippen LogP contribution in [0, 0.1) is 0 Å². The molecule has 0 bridgehead atoms. The van der Waals surface area contributed by atoms with E-state index in [9.17, 15) is 0 Å². The number of hydrogen-bond donors (Lipinski definition) is 1. The Kier molecular flexibility index (Phi) is 4.34. The quantitative estimate of drug-likeness (QED) is 0.561. The van der Waals surface area contributed by atoms with Crippen molar-refractivity contribution in [2.75, 3.05) is 12.1 Å². The van der Waals surface area contributed by atoms with Gasteiger partial charge >= 0.3 is 0 Å². The average Bonchev–Trinajstić information content (AvgIpc) is 2.60. The number of halogens is 1. The minimum Gasteiger partial charge on any atom is -0.298 e. The van der Waals surface area contributed by atoms with Gasteiger partial charge in [-0.05, 0) is 23.8 Å². The molecule has 0 atom stereocenters. The molecule has 3 rings (SSSR count). The van der Waals surface area contributed by atoms with Crippen LogP contribution < -0.4 is 10.9 Å². The smallest absolute Gasteiger partial charge is 0.149 e.